The molecule has 1 rings (SSSR count). The average Bonchev–Trinajstić information content (AvgIpc) is 2.33. The molecule has 0 spiro atoms. The first-order valence-electron chi connectivity index (χ1n) is 7.39. The monoisotopic (exact) mass is 255 g/mol. The molecule has 0 radical (unpaired) electrons. The zero-order valence-corrected chi connectivity index (χ0v) is 12.3. The maximum atomic E-state index is 12.1. The van der Waals surface area contributed by atoms with E-state index in [1.54, 1.807) is 0 Å². The summed E-state index contributed by atoms with van der Waals surface area (Å²) in [7, 11) is 0. The lowest BCUT2D eigenvalue weighted by molar-refractivity contribution is -0.127. The molecule has 0 aliphatic heterocycles. The van der Waals surface area contributed by atoms with E-state index in [2.05, 4.69) is 26.1 Å². The Hall–Kier alpha value is -0.570. The van der Waals surface area contributed by atoms with Gasteiger partial charge in [-0.3, -0.25) is 4.79 Å². The van der Waals surface area contributed by atoms with Gasteiger partial charge in [-0.15, -0.1) is 0 Å². The Balaban J connectivity index is 2.36. The molecule has 2 N–H and O–H groups in total. The summed E-state index contributed by atoms with van der Waals surface area (Å²) in [6, 6.07) is 0. The van der Waals surface area contributed by atoms with Gasteiger partial charge in [0.1, 0.15) is 0 Å². The van der Waals surface area contributed by atoms with Gasteiger partial charge in [-0.05, 0) is 37.0 Å². The number of amides is 1. The Bertz CT molecular complexity index is 257. The van der Waals surface area contributed by atoms with Gasteiger partial charge in [0.25, 0.3) is 0 Å². The molecule has 0 bridgehead atoms. The molecule has 1 amide bonds. The molecule has 0 aromatic heterocycles. The smallest absolute Gasteiger partial charge is 0.223 e. The summed E-state index contributed by atoms with van der Waals surface area (Å²) >= 11 is 0. The summed E-state index contributed by atoms with van der Waals surface area (Å²) in [6.07, 6.45) is 3.75. The first-order valence-corrected chi connectivity index (χ1v) is 7.39. The zero-order chi connectivity index (χ0) is 13.7. The summed E-state index contributed by atoms with van der Waals surface area (Å²) in [4.78, 5) is 12.1. The quantitative estimate of drug-likeness (QED) is 0.793. The standard InChI is InChI=1S/C15H29NO2/c1-5-12(4)14(17)9-16-15(18)13-7-10(2)6-11(3)8-13/h10-14,17H,5-9H2,1-4H3,(H,16,18). The van der Waals surface area contributed by atoms with E-state index in [1.165, 1.54) is 6.42 Å². The highest BCUT2D eigenvalue weighted by atomic mass is 16.3. The molecule has 0 aromatic carbocycles. The maximum absolute atomic E-state index is 12.1. The first kappa shape index (κ1) is 15.5. The van der Waals surface area contributed by atoms with Gasteiger partial charge in [-0.2, -0.15) is 0 Å². The molecule has 4 atom stereocenters. The molecule has 0 aromatic rings. The van der Waals surface area contributed by atoms with Crippen molar-refractivity contribution in [2.24, 2.45) is 23.7 Å². The molecular weight excluding hydrogens is 226 g/mol. The Kier molecular flexibility index (Phi) is 6.13. The van der Waals surface area contributed by atoms with Gasteiger partial charge in [0, 0.05) is 12.5 Å². The number of nitrogens with one attached hydrogen (secondary N) is 1. The Morgan fingerprint density at radius 3 is 2.33 bits per heavy atom. The van der Waals surface area contributed by atoms with Crippen molar-refractivity contribution in [3.63, 3.8) is 0 Å². The van der Waals surface area contributed by atoms with Crippen LogP contribution in [0.3, 0.4) is 0 Å². The lowest BCUT2D eigenvalue weighted by Gasteiger charge is -2.31. The number of aliphatic hydroxyl groups excluding tert-OH is 1. The van der Waals surface area contributed by atoms with Crippen LogP contribution in [0.1, 0.15) is 53.4 Å². The molecule has 1 saturated carbocycles. The summed E-state index contributed by atoms with van der Waals surface area (Å²) in [5.74, 6) is 1.81. The van der Waals surface area contributed by atoms with Crippen molar-refractivity contribution in [2.75, 3.05) is 6.54 Å². The van der Waals surface area contributed by atoms with Gasteiger partial charge < -0.3 is 10.4 Å². The van der Waals surface area contributed by atoms with Crippen molar-refractivity contribution in [3.05, 3.63) is 0 Å². The van der Waals surface area contributed by atoms with Crippen LogP contribution in [-0.2, 0) is 4.79 Å². The third-order valence-electron chi connectivity index (χ3n) is 4.34. The second-order valence-corrected chi connectivity index (χ2v) is 6.31. The topological polar surface area (TPSA) is 49.3 Å². The second kappa shape index (κ2) is 7.13. The van der Waals surface area contributed by atoms with Crippen LogP contribution in [0, 0.1) is 23.7 Å². The minimum absolute atomic E-state index is 0.135. The molecule has 1 aliphatic carbocycles. The molecule has 3 heteroatoms. The fourth-order valence-electron chi connectivity index (χ4n) is 2.98. The molecule has 18 heavy (non-hydrogen) atoms. The predicted molar refractivity (Wildman–Crippen MR) is 74.1 cm³/mol. The fourth-order valence-corrected chi connectivity index (χ4v) is 2.98. The SMILES string of the molecule is CCC(C)C(O)CNC(=O)C1CC(C)CC(C)C1. The van der Waals surface area contributed by atoms with Gasteiger partial charge in [0.05, 0.1) is 6.10 Å². The zero-order valence-electron chi connectivity index (χ0n) is 12.3. The molecule has 0 heterocycles. The van der Waals surface area contributed by atoms with Crippen LogP contribution < -0.4 is 5.32 Å². The summed E-state index contributed by atoms with van der Waals surface area (Å²) in [6.45, 7) is 8.92. The maximum Gasteiger partial charge on any atom is 0.223 e. The number of hydrogen-bond acceptors (Lipinski definition) is 2. The van der Waals surface area contributed by atoms with E-state index in [4.69, 9.17) is 0 Å². The van der Waals surface area contributed by atoms with E-state index < -0.39 is 6.10 Å². The van der Waals surface area contributed by atoms with Crippen molar-refractivity contribution in [1.82, 2.24) is 5.32 Å². The van der Waals surface area contributed by atoms with Crippen molar-refractivity contribution in [2.45, 2.75) is 59.5 Å². The third-order valence-corrected chi connectivity index (χ3v) is 4.34. The van der Waals surface area contributed by atoms with E-state index >= 15 is 0 Å². The van der Waals surface area contributed by atoms with Crippen molar-refractivity contribution < 1.29 is 9.90 Å². The number of rotatable bonds is 5. The van der Waals surface area contributed by atoms with Gasteiger partial charge in [-0.25, -0.2) is 0 Å². The summed E-state index contributed by atoms with van der Waals surface area (Å²) < 4.78 is 0. The molecular formula is C15H29NO2. The molecule has 0 saturated heterocycles. The largest absolute Gasteiger partial charge is 0.391 e. The summed E-state index contributed by atoms with van der Waals surface area (Å²) in [5.41, 5.74) is 0. The van der Waals surface area contributed by atoms with Crippen molar-refractivity contribution in [1.29, 1.82) is 0 Å². The van der Waals surface area contributed by atoms with Crippen LogP contribution in [0.15, 0.2) is 0 Å². The van der Waals surface area contributed by atoms with Gasteiger partial charge in [0.2, 0.25) is 5.91 Å². The van der Waals surface area contributed by atoms with Crippen molar-refractivity contribution in [3.8, 4) is 0 Å². The number of hydrogen-bond donors (Lipinski definition) is 2. The van der Waals surface area contributed by atoms with E-state index in [1.807, 2.05) is 6.92 Å². The predicted octanol–water partition coefficient (Wildman–Crippen LogP) is 2.58. The normalized spacial score (nSPS) is 31.7. The van der Waals surface area contributed by atoms with Crippen LogP contribution in [0.25, 0.3) is 0 Å². The fraction of sp³-hybridized carbons (Fsp3) is 0.933. The van der Waals surface area contributed by atoms with E-state index in [9.17, 15) is 9.90 Å². The third kappa shape index (κ3) is 4.60. The highest BCUT2D eigenvalue weighted by Crippen LogP contribution is 2.32. The number of carbonyl (C=O) groups excluding carboxylic acids is 1. The molecule has 1 aliphatic rings. The van der Waals surface area contributed by atoms with Crippen LogP contribution in [0.2, 0.25) is 0 Å². The second-order valence-electron chi connectivity index (χ2n) is 6.31. The lowest BCUT2D eigenvalue weighted by atomic mass is 9.76. The molecule has 4 unspecified atom stereocenters. The van der Waals surface area contributed by atoms with Gasteiger partial charge in [0.15, 0.2) is 0 Å². The van der Waals surface area contributed by atoms with Crippen LogP contribution in [0.4, 0.5) is 0 Å². The Morgan fingerprint density at radius 1 is 1.28 bits per heavy atom. The van der Waals surface area contributed by atoms with Gasteiger partial charge in [-0.1, -0.05) is 34.1 Å². The van der Waals surface area contributed by atoms with Gasteiger partial charge >= 0.3 is 0 Å². The van der Waals surface area contributed by atoms with E-state index in [0.29, 0.717) is 18.4 Å². The molecule has 3 nitrogen and oxygen atoms in total. The first-order chi connectivity index (χ1) is 8.43. The van der Waals surface area contributed by atoms with Crippen LogP contribution >= 0.6 is 0 Å². The van der Waals surface area contributed by atoms with Crippen LogP contribution in [0.5, 0.6) is 0 Å². The number of carbonyl (C=O) groups is 1. The highest BCUT2D eigenvalue weighted by molar-refractivity contribution is 5.78. The van der Waals surface area contributed by atoms with E-state index in [0.717, 1.165) is 19.3 Å². The van der Waals surface area contributed by atoms with Crippen LogP contribution in [-0.4, -0.2) is 23.7 Å². The average molecular weight is 255 g/mol. The molecule has 106 valence electrons. The Morgan fingerprint density at radius 2 is 1.83 bits per heavy atom. The summed E-state index contributed by atoms with van der Waals surface area (Å²) in [5, 5.41) is 12.8. The molecule has 1 fully saturated rings. The number of aliphatic hydroxyl groups is 1. The highest BCUT2D eigenvalue weighted by Gasteiger charge is 2.29. The van der Waals surface area contributed by atoms with Crippen molar-refractivity contribution >= 4 is 5.91 Å². The minimum atomic E-state index is -0.419. The van der Waals surface area contributed by atoms with E-state index in [-0.39, 0.29) is 17.7 Å². The minimum Gasteiger partial charge on any atom is -0.391 e. The Labute approximate surface area is 111 Å². The lowest BCUT2D eigenvalue weighted by Crippen LogP contribution is -2.40.